The van der Waals surface area contributed by atoms with Crippen molar-refractivity contribution < 1.29 is 14.7 Å². The largest absolute Gasteiger partial charge is 0.391 e. The van der Waals surface area contributed by atoms with Crippen LogP contribution in [0.1, 0.15) is 16.9 Å². The lowest BCUT2D eigenvalue weighted by atomic mass is 9.72. The number of piperidine rings is 1. The molecule has 1 aromatic heterocycles. The number of aromatic amines is 1. The zero-order valence-electron chi connectivity index (χ0n) is 13.2. The number of amides is 2. The van der Waals surface area contributed by atoms with Crippen LogP contribution in [0.3, 0.4) is 0 Å². The van der Waals surface area contributed by atoms with E-state index in [-0.39, 0.29) is 11.8 Å². The summed E-state index contributed by atoms with van der Waals surface area (Å²) in [4.78, 5) is 29.5. The van der Waals surface area contributed by atoms with Gasteiger partial charge in [-0.1, -0.05) is 30.3 Å². The highest BCUT2D eigenvalue weighted by Crippen LogP contribution is 2.38. The normalized spacial score (nSPS) is 22.1. The monoisotopic (exact) mass is 325 g/mol. The first-order chi connectivity index (χ1) is 11.6. The Balaban J connectivity index is 1.47. The first kappa shape index (κ1) is 15.0. The molecule has 1 spiro atoms. The second-order valence-corrected chi connectivity index (χ2v) is 6.66. The Morgan fingerprint density at radius 3 is 2.67 bits per heavy atom. The van der Waals surface area contributed by atoms with E-state index in [1.807, 2.05) is 36.4 Å². The smallest absolute Gasteiger partial charge is 0.270 e. The topological polar surface area (TPSA) is 85.4 Å². The fourth-order valence-corrected chi connectivity index (χ4v) is 3.59. The Hall–Kier alpha value is -2.60. The number of nitrogens with one attached hydrogen (secondary N) is 2. The highest BCUT2D eigenvalue weighted by Gasteiger charge is 2.53. The van der Waals surface area contributed by atoms with Crippen LogP contribution in [0.15, 0.2) is 42.5 Å². The van der Waals surface area contributed by atoms with E-state index in [1.165, 1.54) is 0 Å². The fraction of sp³-hybridized carbons (Fsp3) is 0.333. The summed E-state index contributed by atoms with van der Waals surface area (Å²) >= 11 is 0. The molecule has 2 aliphatic rings. The number of H-pyrrole nitrogens is 1. The Bertz CT molecular complexity index is 778. The number of likely N-dealkylation sites (tertiary alicyclic amines) is 1. The summed E-state index contributed by atoms with van der Waals surface area (Å²) in [5.41, 5.74) is 1.80. The van der Waals surface area contributed by atoms with Crippen molar-refractivity contribution in [1.29, 1.82) is 0 Å². The summed E-state index contributed by atoms with van der Waals surface area (Å²) in [7, 11) is 0. The molecule has 24 heavy (non-hydrogen) atoms. The number of aliphatic hydroxyl groups excluding tert-OH is 1. The Morgan fingerprint density at radius 2 is 1.92 bits per heavy atom. The molecule has 0 radical (unpaired) electrons. The maximum absolute atomic E-state index is 12.6. The predicted molar refractivity (Wildman–Crippen MR) is 88.2 cm³/mol. The third kappa shape index (κ3) is 2.39. The van der Waals surface area contributed by atoms with Crippen LogP contribution < -0.4 is 5.32 Å². The number of hydrogen-bond donors (Lipinski definition) is 3. The number of β-amino-alcohol motifs (C(OH)–C–C–N with tert-alkyl or cyclic N) is 1. The summed E-state index contributed by atoms with van der Waals surface area (Å²) in [5.74, 6) is -0.177. The van der Waals surface area contributed by atoms with E-state index < -0.39 is 11.5 Å². The maximum Gasteiger partial charge on any atom is 0.270 e. The minimum atomic E-state index is -0.623. The van der Waals surface area contributed by atoms with E-state index in [4.69, 9.17) is 0 Å². The van der Waals surface area contributed by atoms with Gasteiger partial charge in [-0.2, -0.15) is 0 Å². The van der Waals surface area contributed by atoms with Crippen molar-refractivity contribution in [2.24, 2.45) is 5.41 Å². The number of nitrogens with zero attached hydrogens (tertiary/aromatic N) is 1. The molecule has 4 rings (SSSR count). The van der Waals surface area contributed by atoms with Crippen LogP contribution in [0.5, 0.6) is 0 Å². The summed E-state index contributed by atoms with van der Waals surface area (Å²) in [5, 5.41) is 12.5. The minimum Gasteiger partial charge on any atom is -0.391 e. The average molecular weight is 325 g/mol. The number of carbonyl (C=O) groups excluding carboxylic acids is 2. The molecule has 2 amide bonds. The van der Waals surface area contributed by atoms with Gasteiger partial charge in [-0.3, -0.25) is 9.59 Å². The molecule has 3 N–H and O–H groups in total. The van der Waals surface area contributed by atoms with Crippen LogP contribution in [-0.2, 0) is 4.79 Å². The number of aromatic nitrogens is 1. The average Bonchev–Trinajstić information content (AvgIpc) is 3.05. The van der Waals surface area contributed by atoms with Crippen molar-refractivity contribution in [2.45, 2.75) is 12.5 Å². The third-order valence-electron chi connectivity index (χ3n) is 4.88. The zero-order chi connectivity index (χ0) is 16.7. The number of benzene rings is 1. The van der Waals surface area contributed by atoms with Crippen molar-refractivity contribution in [3.63, 3.8) is 0 Å². The van der Waals surface area contributed by atoms with Crippen molar-refractivity contribution in [1.82, 2.24) is 15.2 Å². The SMILES string of the molecule is O=C(c1ccc(-c2ccccc2)[nH]1)N1CC2(CC(O)CNC2=O)C1. The van der Waals surface area contributed by atoms with E-state index in [9.17, 15) is 14.7 Å². The lowest BCUT2D eigenvalue weighted by molar-refractivity contribution is -0.147. The fourth-order valence-electron chi connectivity index (χ4n) is 3.59. The molecule has 6 nitrogen and oxygen atoms in total. The molecule has 0 bridgehead atoms. The number of aliphatic hydroxyl groups is 1. The van der Waals surface area contributed by atoms with Gasteiger partial charge >= 0.3 is 0 Å². The highest BCUT2D eigenvalue weighted by atomic mass is 16.3. The van der Waals surface area contributed by atoms with Crippen molar-refractivity contribution in [3.05, 3.63) is 48.2 Å². The van der Waals surface area contributed by atoms with Gasteiger partial charge in [-0.25, -0.2) is 0 Å². The first-order valence-electron chi connectivity index (χ1n) is 8.07. The van der Waals surface area contributed by atoms with Crippen LogP contribution in [0, 0.1) is 5.41 Å². The van der Waals surface area contributed by atoms with Crippen molar-refractivity contribution >= 4 is 11.8 Å². The van der Waals surface area contributed by atoms with E-state index in [2.05, 4.69) is 10.3 Å². The number of carbonyl (C=O) groups is 2. The standard InChI is InChI=1S/C18H19N3O3/c22-13-8-18(17(24)19-9-13)10-21(11-18)16(23)15-7-6-14(20-15)12-4-2-1-3-5-12/h1-7,13,20,22H,8-11H2,(H,19,24). The van der Waals surface area contributed by atoms with Gasteiger partial charge in [0, 0.05) is 25.3 Å². The molecule has 2 aromatic rings. The maximum atomic E-state index is 12.6. The van der Waals surface area contributed by atoms with Gasteiger partial charge in [-0.05, 0) is 24.1 Å². The molecular formula is C18H19N3O3. The number of hydrogen-bond acceptors (Lipinski definition) is 3. The number of rotatable bonds is 2. The summed E-state index contributed by atoms with van der Waals surface area (Å²) in [6.45, 7) is 1.01. The van der Waals surface area contributed by atoms with Gasteiger partial charge < -0.3 is 20.3 Å². The van der Waals surface area contributed by atoms with Crippen LogP contribution in [0.2, 0.25) is 0 Å². The van der Waals surface area contributed by atoms with Crippen molar-refractivity contribution in [3.8, 4) is 11.3 Å². The molecule has 0 saturated carbocycles. The second kappa shape index (κ2) is 5.49. The van der Waals surface area contributed by atoms with E-state index in [1.54, 1.807) is 11.0 Å². The lowest BCUT2D eigenvalue weighted by Crippen LogP contribution is -2.68. The van der Waals surface area contributed by atoms with E-state index in [0.717, 1.165) is 11.3 Å². The van der Waals surface area contributed by atoms with Crippen molar-refractivity contribution in [2.75, 3.05) is 19.6 Å². The van der Waals surface area contributed by atoms with Gasteiger partial charge in [0.25, 0.3) is 5.91 Å². The molecule has 6 heteroatoms. The predicted octanol–water partition coefficient (Wildman–Crippen LogP) is 1.00. The Kier molecular flexibility index (Phi) is 3.42. The highest BCUT2D eigenvalue weighted by molar-refractivity contribution is 5.96. The van der Waals surface area contributed by atoms with Gasteiger partial charge in [0.05, 0.1) is 11.5 Å². The zero-order valence-corrected chi connectivity index (χ0v) is 13.2. The molecule has 2 aliphatic heterocycles. The van der Waals surface area contributed by atoms with Gasteiger partial charge in [0.15, 0.2) is 0 Å². The quantitative estimate of drug-likeness (QED) is 0.770. The Morgan fingerprint density at radius 1 is 1.17 bits per heavy atom. The molecule has 1 unspecified atom stereocenters. The van der Waals surface area contributed by atoms with Gasteiger partial charge in [0.2, 0.25) is 5.91 Å². The van der Waals surface area contributed by atoms with Crippen LogP contribution in [0.4, 0.5) is 0 Å². The summed E-state index contributed by atoms with van der Waals surface area (Å²) < 4.78 is 0. The molecule has 0 aliphatic carbocycles. The first-order valence-corrected chi connectivity index (χ1v) is 8.07. The molecule has 2 saturated heterocycles. The van der Waals surface area contributed by atoms with Gasteiger partial charge in [0.1, 0.15) is 5.69 Å². The molecule has 1 atom stereocenters. The lowest BCUT2D eigenvalue weighted by Gasteiger charge is -2.51. The van der Waals surface area contributed by atoms with E-state index >= 15 is 0 Å². The van der Waals surface area contributed by atoms with E-state index in [0.29, 0.717) is 31.7 Å². The van der Waals surface area contributed by atoms with Crippen LogP contribution >= 0.6 is 0 Å². The molecule has 2 fully saturated rings. The molecular weight excluding hydrogens is 306 g/mol. The van der Waals surface area contributed by atoms with Gasteiger partial charge in [-0.15, -0.1) is 0 Å². The summed E-state index contributed by atoms with van der Waals surface area (Å²) in [6.07, 6.45) is -0.113. The second-order valence-electron chi connectivity index (χ2n) is 6.66. The van der Waals surface area contributed by atoms with Crippen LogP contribution in [-0.4, -0.2) is 52.5 Å². The third-order valence-corrected chi connectivity index (χ3v) is 4.88. The molecule has 3 heterocycles. The molecule has 124 valence electrons. The molecule has 1 aromatic carbocycles. The van der Waals surface area contributed by atoms with Crippen LogP contribution in [0.25, 0.3) is 11.3 Å². The minimum absolute atomic E-state index is 0.0617. The summed E-state index contributed by atoms with van der Waals surface area (Å²) in [6, 6.07) is 13.5. The Labute approximate surface area is 139 Å².